The van der Waals surface area contributed by atoms with E-state index in [2.05, 4.69) is 36.3 Å². The van der Waals surface area contributed by atoms with Crippen molar-refractivity contribution in [2.24, 2.45) is 0 Å². The molecule has 3 heteroatoms. The lowest BCUT2D eigenvalue weighted by atomic mass is 10.2. The molecule has 19 heavy (non-hydrogen) atoms. The number of ether oxygens (including phenoxy) is 1. The third-order valence-electron chi connectivity index (χ3n) is 2.92. The minimum atomic E-state index is 0.777. The van der Waals surface area contributed by atoms with Crippen LogP contribution in [-0.4, -0.2) is 11.5 Å². The smallest absolute Gasteiger partial charge is 0.146 e. The van der Waals surface area contributed by atoms with Crippen LogP contribution in [0.4, 0.5) is 0 Å². The van der Waals surface area contributed by atoms with Gasteiger partial charge in [-0.1, -0.05) is 26.0 Å². The Hall–Kier alpha value is -1.87. The molecule has 0 saturated heterocycles. The van der Waals surface area contributed by atoms with Crippen molar-refractivity contribution in [1.82, 2.24) is 10.3 Å². The lowest BCUT2D eigenvalue weighted by molar-refractivity contribution is 0.479. The zero-order valence-corrected chi connectivity index (χ0v) is 11.5. The van der Waals surface area contributed by atoms with Gasteiger partial charge in [0.25, 0.3) is 0 Å². The van der Waals surface area contributed by atoms with Gasteiger partial charge < -0.3 is 10.1 Å². The molecule has 0 bridgehead atoms. The number of aromatic nitrogens is 1. The Bertz CT molecular complexity index is 508. The Morgan fingerprint density at radius 3 is 2.47 bits per heavy atom. The lowest BCUT2D eigenvalue weighted by Crippen LogP contribution is -2.11. The van der Waals surface area contributed by atoms with E-state index in [1.165, 1.54) is 5.56 Å². The minimum Gasteiger partial charge on any atom is -0.456 e. The van der Waals surface area contributed by atoms with Gasteiger partial charge >= 0.3 is 0 Å². The monoisotopic (exact) mass is 256 g/mol. The van der Waals surface area contributed by atoms with Crippen molar-refractivity contribution in [1.29, 1.82) is 0 Å². The topological polar surface area (TPSA) is 34.2 Å². The van der Waals surface area contributed by atoms with Crippen LogP contribution >= 0.6 is 0 Å². The highest BCUT2D eigenvalue weighted by molar-refractivity contribution is 5.33. The predicted octanol–water partition coefficient (Wildman–Crippen LogP) is 3.55. The van der Waals surface area contributed by atoms with Gasteiger partial charge in [-0.15, -0.1) is 0 Å². The van der Waals surface area contributed by atoms with E-state index in [1.807, 2.05) is 24.4 Å². The molecule has 1 aromatic carbocycles. The van der Waals surface area contributed by atoms with Crippen molar-refractivity contribution >= 4 is 0 Å². The lowest BCUT2D eigenvalue weighted by Gasteiger charge is -2.08. The number of nitrogens with one attached hydrogen (secondary N) is 1. The van der Waals surface area contributed by atoms with E-state index in [4.69, 9.17) is 4.74 Å². The Kier molecular flexibility index (Phi) is 4.93. The van der Waals surface area contributed by atoms with Gasteiger partial charge in [0.1, 0.15) is 11.5 Å². The molecule has 0 aliphatic carbocycles. The maximum atomic E-state index is 5.81. The second-order valence-corrected chi connectivity index (χ2v) is 4.41. The van der Waals surface area contributed by atoms with Gasteiger partial charge in [-0.2, -0.15) is 0 Å². The van der Waals surface area contributed by atoms with E-state index in [9.17, 15) is 0 Å². The van der Waals surface area contributed by atoms with Crippen LogP contribution in [-0.2, 0) is 13.0 Å². The molecule has 1 heterocycles. The molecule has 100 valence electrons. The second kappa shape index (κ2) is 6.90. The number of pyridine rings is 1. The largest absolute Gasteiger partial charge is 0.456 e. The maximum absolute atomic E-state index is 5.81. The number of hydrogen-bond donors (Lipinski definition) is 1. The summed E-state index contributed by atoms with van der Waals surface area (Å²) in [5.41, 5.74) is 2.44. The summed E-state index contributed by atoms with van der Waals surface area (Å²) in [5.74, 6) is 1.62. The molecule has 2 rings (SSSR count). The van der Waals surface area contributed by atoms with Crippen molar-refractivity contribution in [3.63, 3.8) is 0 Å². The molecule has 1 N–H and O–H groups in total. The van der Waals surface area contributed by atoms with E-state index < -0.39 is 0 Å². The maximum Gasteiger partial charge on any atom is 0.146 e. The number of aryl methyl sites for hydroxylation is 1. The van der Waals surface area contributed by atoms with E-state index >= 15 is 0 Å². The molecule has 0 aliphatic heterocycles. The molecule has 0 spiro atoms. The van der Waals surface area contributed by atoms with Gasteiger partial charge in [0.15, 0.2) is 0 Å². The third-order valence-corrected chi connectivity index (χ3v) is 2.92. The average Bonchev–Trinajstić information content (AvgIpc) is 2.46. The molecule has 0 atom stereocenters. The second-order valence-electron chi connectivity index (χ2n) is 4.41. The van der Waals surface area contributed by atoms with Gasteiger partial charge in [0.2, 0.25) is 0 Å². The van der Waals surface area contributed by atoms with Gasteiger partial charge in [-0.05, 0) is 42.3 Å². The zero-order valence-electron chi connectivity index (χ0n) is 11.5. The summed E-state index contributed by atoms with van der Waals surface area (Å²) in [6, 6.07) is 10.2. The highest BCUT2D eigenvalue weighted by Gasteiger charge is 2.00. The molecular formula is C16H20N2O. The fraction of sp³-hybridized carbons (Fsp3) is 0.312. The zero-order chi connectivity index (χ0) is 13.5. The van der Waals surface area contributed by atoms with Crippen LogP contribution in [0.1, 0.15) is 25.0 Å². The van der Waals surface area contributed by atoms with Crippen LogP contribution in [0, 0.1) is 0 Å². The normalized spacial score (nSPS) is 10.4. The number of benzene rings is 1. The summed E-state index contributed by atoms with van der Waals surface area (Å²) in [7, 11) is 0. The summed E-state index contributed by atoms with van der Waals surface area (Å²) in [6.07, 6.45) is 4.64. The molecule has 0 fully saturated rings. The fourth-order valence-electron chi connectivity index (χ4n) is 1.81. The van der Waals surface area contributed by atoms with Crippen molar-refractivity contribution in [3.05, 3.63) is 53.9 Å². The van der Waals surface area contributed by atoms with Crippen molar-refractivity contribution in [2.75, 3.05) is 6.54 Å². The number of rotatable bonds is 6. The molecule has 0 radical (unpaired) electrons. The van der Waals surface area contributed by atoms with Crippen molar-refractivity contribution < 1.29 is 4.74 Å². The Labute approximate surface area is 114 Å². The third kappa shape index (κ3) is 4.07. The molecule has 2 aromatic rings. The van der Waals surface area contributed by atoms with Gasteiger partial charge in [0.05, 0.1) is 6.20 Å². The summed E-state index contributed by atoms with van der Waals surface area (Å²) >= 11 is 0. The Morgan fingerprint density at radius 2 is 1.79 bits per heavy atom. The molecule has 0 aliphatic rings. The van der Waals surface area contributed by atoms with Crippen molar-refractivity contribution in [3.8, 4) is 11.5 Å². The summed E-state index contributed by atoms with van der Waals surface area (Å²) in [5, 5.41) is 3.28. The summed E-state index contributed by atoms with van der Waals surface area (Å²) < 4.78 is 5.81. The van der Waals surface area contributed by atoms with E-state index in [0.717, 1.165) is 36.6 Å². The minimum absolute atomic E-state index is 0.777. The fourth-order valence-corrected chi connectivity index (χ4v) is 1.81. The van der Waals surface area contributed by atoms with E-state index in [1.54, 1.807) is 6.20 Å². The summed E-state index contributed by atoms with van der Waals surface area (Å²) in [6.45, 7) is 5.99. The first-order chi connectivity index (χ1) is 9.31. The molecule has 0 saturated carbocycles. The van der Waals surface area contributed by atoms with Crippen LogP contribution < -0.4 is 10.1 Å². The number of hydrogen-bond acceptors (Lipinski definition) is 3. The molecule has 0 unspecified atom stereocenters. The van der Waals surface area contributed by atoms with Crippen LogP contribution in [0.15, 0.2) is 42.7 Å². The SMILES string of the molecule is CCNCc1cncc(Oc2ccc(CC)cc2)c1. The van der Waals surface area contributed by atoms with Gasteiger partial charge in [-0.3, -0.25) is 4.98 Å². The van der Waals surface area contributed by atoms with Crippen LogP contribution in [0.2, 0.25) is 0 Å². The molecular weight excluding hydrogens is 236 g/mol. The summed E-state index contributed by atoms with van der Waals surface area (Å²) in [4.78, 5) is 4.20. The highest BCUT2D eigenvalue weighted by atomic mass is 16.5. The predicted molar refractivity (Wildman–Crippen MR) is 77.5 cm³/mol. The van der Waals surface area contributed by atoms with E-state index in [-0.39, 0.29) is 0 Å². The molecule has 1 aromatic heterocycles. The van der Waals surface area contributed by atoms with Crippen molar-refractivity contribution in [2.45, 2.75) is 26.8 Å². The van der Waals surface area contributed by atoms with Crippen LogP contribution in [0.25, 0.3) is 0 Å². The van der Waals surface area contributed by atoms with E-state index in [0.29, 0.717) is 0 Å². The number of nitrogens with zero attached hydrogens (tertiary/aromatic N) is 1. The quantitative estimate of drug-likeness (QED) is 0.858. The molecule has 0 amide bonds. The first-order valence-corrected chi connectivity index (χ1v) is 6.73. The standard InChI is InChI=1S/C16H20N2O/c1-3-13-5-7-15(8-6-13)19-16-9-14(10-17-4-2)11-18-12-16/h5-9,11-12,17H,3-4,10H2,1-2H3. The first kappa shape index (κ1) is 13.6. The average molecular weight is 256 g/mol. The van der Waals surface area contributed by atoms with Crippen LogP contribution in [0.3, 0.4) is 0 Å². The molecule has 3 nitrogen and oxygen atoms in total. The Balaban J connectivity index is 2.05. The van der Waals surface area contributed by atoms with Gasteiger partial charge in [0, 0.05) is 12.7 Å². The van der Waals surface area contributed by atoms with Crippen LogP contribution in [0.5, 0.6) is 11.5 Å². The Morgan fingerprint density at radius 1 is 1.00 bits per heavy atom. The highest BCUT2D eigenvalue weighted by Crippen LogP contribution is 2.21. The first-order valence-electron chi connectivity index (χ1n) is 6.73. The van der Waals surface area contributed by atoms with Gasteiger partial charge in [-0.25, -0.2) is 0 Å².